The van der Waals surface area contributed by atoms with Crippen molar-refractivity contribution in [2.24, 2.45) is 0 Å². The summed E-state index contributed by atoms with van der Waals surface area (Å²) in [7, 11) is 1.40. The number of aromatic hydroxyl groups is 2. The Balaban J connectivity index is 1.60. The molecule has 4 atom stereocenters. The van der Waals surface area contributed by atoms with E-state index in [2.05, 4.69) is 20.3 Å². The number of aliphatic hydroxyl groups excluding tert-OH is 3. The first-order chi connectivity index (χ1) is 14.4. The lowest BCUT2D eigenvalue weighted by Crippen LogP contribution is -2.33. The van der Waals surface area contributed by atoms with E-state index in [0.717, 1.165) is 0 Å². The number of hydrogen-bond donors (Lipinski definition) is 6. The number of imidazole rings is 1. The van der Waals surface area contributed by atoms with Crippen LogP contribution in [0.25, 0.3) is 11.2 Å². The third-order valence-corrected chi connectivity index (χ3v) is 4.98. The van der Waals surface area contributed by atoms with Gasteiger partial charge in [-0.05, 0) is 6.07 Å². The molecule has 3 aromatic rings. The smallest absolute Gasteiger partial charge is 0.167 e. The fourth-order valence-electron chi connectivity index (χ4n) is 3.36. The van der Waals surface area contributed by atoms with E-state index in [0.29, 0.717) is 22.5 Å². The number of nitrogens with zero attached hydrogens (tertiary/aromatic N) is 4. The van der Waals surface area contributed by atoms with Gasteiger partial charge in [0.1, 0.15) is 30.4 Å². The van der Waals surface area contributed by atoms with E-state index in [1.54, 1.807) is 0 Å². The molecule has 0 unspecified atom stereocenters. The van der Waals surface area contributed by atoms with E-state index in [1.165, 1.54) is 36.5 Å². The monoisotopic (exact) mass is 419 g/mol. The lowest BCUT2D eigenvalue weighted by Gasteiger charge is -2.16. The summed E-state index contributed by atoms with van der Waals surface area (Å²) in [5.74, 6) is 0.270. The molecule has 160 valence electrons. The number of anilines is 1. The van der Waals surface area contributed by atoms with Crippen LogP contribution in [-0.4, -0.2) is 77.1 Å². The molecule has 6 N–H and O–H groups in total. The molecule has 30 heavy (non-hydrogen) atoms. The van der Waals surface area contributed by atoms with Crippen LogP contribution in [0.15, 0.2) is 24.8 Å². The van der Waals surface area contributed by atoms with Crippen LogP contribution >= 0.6 is 0 Å². The summed E-state index contributed by atoms with van der Waals surface area (Å²) < 4.78 is 12.0. The lowest BCUT2D eigenvalue weighted by molar-refractivity contribution is -0.0511. The first-order valence-corrected chi connectivity index (χ1v) is 9.07. The molecule has 1 aromatic carbocycles. The Hall–Kier alpha value is -3.19. The zero-order valence-electron chi connectivity index (χ0n) is 15.9. The van der Waals surface area contributed by atoms with Crippen molar-refractivity contribution in [2.45, 2.75) is 31.1 Å². The first-order valence-electron chi connectivity index (χ1n) is 9.07. The summed E-state index contributed by atoms with van der Waals surface area (Å²) in [6.45, 7) is -0.294. The molecule has 3 heterocycles. The van der Waals surface area contributed by atoms with Crippen molar-refractivity contribution < 1.29 is 35.0 Å². The molecule has 1 saturated heterocycles. The molecule has 0 amide bonds. The van der Waals surface area contributed by atoms with Crippen LogP contribution in [-0.2, 0) is 11.3 Å². The highest BCUT2D eigenvalue weighted by Crippen LogP contribution is 2.34. The van der Waals surface area contributed by atoms with Gasteiger partial charge in [0.25, 0.3) is 0 Å². The first kappa shape index (κ1) is 20.1. The second-order valence-electron chi connectivity index (χ2n) is 6.78. The number of aromatic nitrogens is 4. The fraction of sp³-hybridized carbons (Fsp3) is 0.389. The number of methoxy groups -OCH3 is 1. The number of fused-ring (bicyclic) bond motifs is 1. The maximum absolute atomic E-state index is 10.3. The number of rotatable bonds is 6. The van der Waals surface area contributed by atoms with E-state index in [1.807, 2.05) is 0 Å². The zero-order valence-corrected chi connectivity index (χ0v) is 15.9. The molecule has 1 aliphatic rings. The highest BCUT2D eigenvalue weighted by Gasteiger charge is 2.44. The molecular formula is C18H21N5O7. The van der Waals surface area contributed by atoms with Gasteiger partial charge in [-0.2, -0.15) is 0 Å². The van der Waals surface area contributed by atoms with Crippen molar-refractivity contribution in [1.82, 2.24) is 19.5 Å². The molecular weight excluding hydrogens is 398 g/mol. The predicted molar refractivity (Wildman–Crippen MR) is 102 cm³/mol. The van der Waals surface area contributed by atoms with E-state index in [9.17, 15) is 25.5 Å². The third kappa shape index (κ3) is 3.35. The Morgan fingerprint density at radius 2 is 1.93 bits per heavy atom. The molecule has 4 rings (SSSR count). The van der Waals surface area contributed by atoms with Gasteiger partial charge in [-0.25, -0.2) is 15.0 Å². The van der Waals surface area contributed by atoms with Crippen molar-refractivity contribution in [3.8, 4) is 17.2 Å². The van der Waals surface area contributed by atoms with Crippen LogP contribution in [0.5, 0.6) is 17.2 Å². The number of hydrogen-bond acceptors (Lipinski definition) is 11. The van der Waals surface area contributed by atoms with Crippen LogP contribution in [0.1, 0.15) is 11.8 Å². The number of phenolic OH excluding ortho intramolecular Hbond substituents is 2. The Morgan fingerprint density at radius 3 is 2.63 bits per heavy atom. The molecule has 0 aliphatic carbocycles. The molecule has 0 bridgehead atoms. The summed E-state index contributed by atoms with van der Waals surface area (Å²) in [6, 6.07) is 2.68. The number of nitrogens with one attached hydrogen (secondary N) is 1. The average Bonchev–Trinajstić information content (AvgIpc) is 3.29. The molecule has 1 aliphatic heterocycles. The van der Waals surface area contributed by atoms with Crippen molar-refractivity contribution in [1.29, 1.82) is 0 Å². The predicted octanol–water partition coefficient (Wildman–Crippen LogP) is -0.530. The number of benzene rings is 1. The molecule has 2 aromatic heterocycles. The second-order valence-corrected chi connectivity index (χ2v) is 6.78. The summed E-state index contributed by atoms with van der Waals surface area (Å²) in [6.07, 6.45) is -1.73. The highest BCUT2D eigenvalue weighted by molar-refractivity contribution is 5.82. The van der Waals surface area contributed by atoms with Gasteiger partial charge in [-0.1, -0.05) is 0 Å². The average molecular weight is 419 g/mol. The molecule has 1 fully saturated rings. The van der Waals surface area contributed by atoms with Gasteiger partial charge >= 0.3 is 0 Å². The second kappa shape index (κ2) is 7.91. The van der Waals surface area contributed by atoms with E-state index in [4.69, 9.17) is 9.47 Å². The van der Waals surface area contributed by atoms with Gasteiger partial charge in [-0.3, -0.25) is 4.57 Å². The standard InChI is InChI=1S/C18H21N5O7/c1-29-11-2-8(9(25)3-10(11)26)4-19-16-13-17(21-6-20-16)23(7-22-13)18-15(28)14(27)12(5-24)30-18/h2-3,6-7,12,14-15,18,24-28H,4-5H2,1H3,(H,19,20,21)/t12-,14-,15-,18-/m1/s1. The summed E-state index contributed by atoms with van der Waals surface area (Å²) in [5, 5.41) is 52.3. The maximum atomic E-state index is 10.3. The topological polar surface area (TPSA) is 175 Å². The number of ether oxygens (including phenoxy) is 2. The normalized spacial score (nSPS) is 23.7. The minimum atomic E-state index is -1.27. The lowest BCUT2D eigenvalue weighted by atomic mass is 10.1. The Bertz CT molecular complexity index is 1060. The fourth-order valence-corrected chi connectivity index (χ4v) is 3.36. The quantitative estimate of drug-likeness (QED) is 0.303. The minimum Gasteiger partial charge on any atom is -0.507 e. The van der Waals surface area contributed by atoms with Gasteiger partial charge in [-0.15, -0.1) is 0 Å². The Labute approximate surface area is 170 Å². The van der Waals surface area contributed by atoms with Crippen LogP contribution in [0, 0.1) is 0 Å². The third-order valence-electron chi connectivity index (χ3n) is 4.98. The summed E-state index contributed by atoms with van der Waals surface area (Å²) in [4.78, 5) is 12.6. The highest BCUT2D eigenvalue weighted by atomic mass is 16.6. The van der Waals surface area contributed by atoms with Crippen molar-refractivity contribution in [2.75, 3.05) is 19.0 Å². The minimum absolute atomic E-state index is 0.122. The van der Waals surface area contributed by atoms with Gasteiger partial charge < -0.3 is 40.3 Å². The zero-order chi connectivity index (χ0) is 21.4. The Morgan fingerprint density at radius 1 is 1.13 bits per heavy atom. The van der Waals surface area contributed by atoms with E-state index < -0.39 is 31.1 Å². The van der Waals surface area contributed by atoms with Gasteiger partial charge in [0.15, 0.2) is 34.7 Å². The van der Waals surface area contributed by atoms with E-state index in [-0.39, 0.29) is 23.8 Å². The molecule has 0 saturated carbocycles. The molecule has 0 spiro atoms. The Kier molecular flexibility index (Phi) is 5.30. The van der Waals surface area contributed by atoms with Crippen LogP contribution in [0.4, 0.5) is 5.82 Å². The molecule has 0 radical (unpaired) electrons. The van der Waals surface area contributed by atoms with Crippen LogP contribution < -0.4 is 10.1 Å². The maximum Gasteiger partial charge on any atom is 0.167 e. The van der Waals surface area contributed by atoms with Crippen molar-refractivity contribution in [3.63, 3.8) is 0 Å². The SMILES string of the molecule is COc1cc(CNc2ncnc3c2ncn3[C@@H]2O[C@H](CO)[C@@H](O)[C@H]2O)c(O)cc1O. The summed E-state index contributed by atoms with van der Waals surface area (Å²) in [5.41, 5.74) is 1.18. The molecule has 12 nitrogen and oxygen atoms in total. The van der Waals surface area contributed by atoms with Gasteiger partial charge in [0.05, 0.1) is 20.0 Å². The van der Waals surface area contributed by atoms with Gasteiger partial charge in [0, 0.05) is 18.2 Å². The van der Waals surface area contributed by atoms with Gasteiger partial charge in [0.2, 0.25) is 0 Å². The van der Waals surface area contributed by atoms with E-state index >= 15 is 0 Å². The number of phenols is 2. The van der Waals surface area contributed by atoms with Crippen molar-refractivity contribution in [3.05, 3.63) is 30.4 Å². The van der Waals surface area contributed by atoms with Crippen LogP contribution in [0.2, 0.25) is 0 Å². The molecule has 12 heteroatoms. The number of aliphatic hydroxyl groups is 3. The van der Waals surface area contributed by atoms with Crippen LogP contribution in [0.3, 0.4) is 0 Å². The van der Waals surface area contributed by atoms with Crippen molar-refractivity contribution >= 4 is 17.0 Å². The largest absolute Gasteiger partial charge is 0.507 e. The summed E-state index contributed by atoms with van der Waals surface area (Å²) >= 11 is 0.